The SMILES string of the molecule is Cc1ccccc1[C@@H](NC(=O)Cn1cc(C)c(=O)[nH]c1=O)c1ccncc1. The van der Waals surface area contributed by atoms with Crippen LogP contribution in [0.15, 0.2) is 64.6 Å². The van der Waals surface area contributed by atoms with Gasteiger partial charge in [0, 0.05) is 24.2 Å². The number of nitrogens with zero attached hydrogens (tertiary/aromatic N) is 2. The third kappa shape index (κ3) is 4.20. The van der Waals surface area contributed by atoms with Crippen LogP contribution in [-0.4, -0.2) is 20.4 Å². The lowest BCUT2D eigenvalue weighted by atomic mass is 9.95. The average molecular weight is 364 g/mol. The van der Waals surface area contributed by atoms with Crippen molar-refractivity contribution in [2.75, 3.05) is 0 Å². The first-order chi connectivity index (χ1) is 13.0. The molecule has 7 nitrogen and oxygen atoms in total. The highest BCUT2D eigenvalue weighted by atomic mass is 16.2. The van der Waals surface area contributed by atoms with Gasteiger partial charge in [-0.05, 0) is 42.7 Å². The summed E-state index contributed by atoms with van der Waals surface area (Å²) in [6.45, 7) is 3.37. The number of rotatable bonds is 5. The Morgan fingerprint density at radius 3 is 2.52 bits per heavy atom. The summed E-state index contributed by atoms with van der Waals surface area (Å²) in [4.78, 5) is 42.3. The normalized spacial score (nSPS) is 11.8. The molecule has 0 aliphatic rings. The number of nitrogens with one attached hydrogen (secondary N) is 2. The first-order valence-electron chi connectivity index (χ1n) is 8.51. The van der Waals surface area contributed by atoms with Crippen LogP contribution >= 0.6 is 0 Å². The van der Waals surface area contributed by atoms with Gasteiger partial charge >= 0.3 is 5.69 Å². The molecule has 27 heavy (non-hydrogen) atoms. The number of hydrogen-bond acceptors (Lipinski definition) is 4. The van der Waals surface area contributed by atoms with E-state index in [1.807, 2.05) is 43.3 Å². The Kier molecular flexibility index (Phi) is 5.30. The first-order valence-corrected chi connectivity index (χ1v) is 8.51. The number of H-pyrrole nitrogens is 1. The van der Waals surface area contributed by atoms with E-state index in [9.17, 15) is 14.4 Å². The third-order valence-corrected chi connectivity index (χ3v) is 4.35. The van der Waals surface area contributed by atoms with Crippen molar-refractivity contribution < 1.29 is 4.79 Å². The van der Waals surface area contributed by atoms with E-state index in [2.05, 4.69) is 15.3 Å². The third-order valence-electron chi connectivity index (χ3n) is 4.35. The van der Waals surface area contributed by atoms with Crippen molar-refractivity contribution in [1.29, 1.82) is 0 Å². The van der Waals surface area contributed by atoms with Crippen LogP contribution in [0.3, 0.4) is 0 Å². The zero-order valence-electron chi connectivity index (χ0n) is 15.1. The van der Waals surface area contributed by atoms with Crippen molar-refractivity contribution in [3.05, 3.63) is 98.1 Å². The minimum atomic E-state index is -0.614. The molecule has 2 heterocycles. The van der Waals surface area contributed by atoms with Crippen molar-refractivity contribution in [2.45, 2.75) is 26.4 Å². The Morgan fingerprint density at radius 2 is 1.81 bits per heavy atom. The van der Waals surface area contributed by atoms with Crippen molar-refractivity contribution in [1.82, 2.24) is 19.9 Å². The second-order valence-electron chi connectivity index (χ2n) is 6.34. The Balaban J connectivity index is 1.90. The zero-order valence-corrected chi connectivity index (χ0v) is 15.1. The number of amides is 1. The van der Waals surface area contributed by atoms with Gasteiger partial charge in [0.15, 0.2) is 0 Å². The minimum Gasteiger partial charge on any atom is -0.344 e. The zero-order chi connectivity index (χ0) is 19.4. The van der Waals surface area contributed by atoms with Crippen LogP contribution in [-0.2, 0) is 11.3 Å². The molecule has 2 aromatic heterocycles. The topological polar surface area (TPSA) is 96.9 Å². The summed E-state index contributed by atoms with van der Waals surface area (Å²) in [7, 11) is 0. The molecule has 0 radical (unpaired) electrons. The highest BCUT2D eigenvalue weighted by Crippen LogP contribution is 2.24. The summed E-state index contributed by atoms with van der Waals surface area (Å²) in [5.41, 5.74) is 2.19. The van der Waals surface area contributed by atoms with Gasteiger partial charge in [0.1, 0.15) is 6.54 Å². The van der Waals surface area contributed by atoms with Gasteiger partial charge in [-0.3, -0.25) is 24.1 Å². The number of hydrogen-bond donors (Lipinski definition) is 2. The largest absolute Gasteiger partial charge is 0.344 e. The summed E-state index contributed by atoms with van der Waals surface area (Å²) >= 11 is 0. The van der Waals surface area contributed by atoms with E-state index >= 15 is 0 Å². The van der Waals surface area contributed by atoms with Crippen LogP contribution in [0, 0.1) is 13.8 Å². The molecule has 0 unspecified atom stereocenters. The summed E-state index contributed by atoms with van der Waals surface area (Å²) < 4.78 is 1.19. The molecule has 1 atom stereocenters. The van der Waals surface area contributed by atoms with Gasteiger partial charge in [0.2, 0.25) is 5.91 Å². The molecule has 1 aromatic carbocycles. The van der Waals surface area contributed by atoms with Crippen LogP contribution in [0.2, 0.25) is 0 Å². The van der Waals surface area contributed by atoms with Crippen LogP contribution in [0.4, 0.5) is 0 Å². The van der Waals surface area contributed by atoms with E-state index in [4.69, 9.17) is 0 Å². The summed E-state index contributed by atoms with van der Waals surface area (Å²) in [6.07, 6.45) is 4.72. The Hall–Kier alpha value is -3.48. The monoisotopic (exact) mass is 364 g/mol. The maximum absolute atomic E-state index is 12.7. The van der Waals surface area contributed by atoms with Gasteiger partial charge in [0.05, 0.1) is 6.04 Å². The van der Waals surface area contributed by atoms with E-state index in [-0.39, 0.29) is 18.5 Å². The number of aromatic amines is 1. The summed E-state index contributed by atoms with van der Waals surface area (Å²) in [5, 5.41) is 2.98. The maximum Gasteiger partial charge on any atom is 0.328 e. The second kappa shape index (κ2) is 7.82. The van der Waals surface area contributed by atoms with Crippen LogP contribution < -0.4 is 16.6 Å². The van der Waals surface area contributed by atoms with E-state index in [0.717, 1.165) is 16.7 Å². The van der Waals surface area contributed by atoms with Crippen LogP contribution in [0.1, 0.15) is 28.3 Å². The molecule has 0 saturated heterocycles. The quantitative estimate of drug-likeness (QED) is 0.716. The highest BCUT2D eigenvalue weighted by molar-refractivity contribution is 5.77. The number of aromatic nitrogens is 3. The Labute approximate surface area is 155 Å². The number of benzene rings is 1. The maximum atomic E-state index is 12.7. The fourth-order valence-electron chi connectivity index (χ4n) is 2.90. The fourth-order valence-corrected chi connectivity index (χ4v) is 2.90. The molecular weight excluding hydrogens is 344 g/mol. The Bertz CT molecular complexity index is 1070. The molecule has 3 rings (SSSR count). The van der Waals surface area contributed by atoms with E-state index in [0.29, 0.717) is 5.56 Å². The second-order valence-corrected chi connectivity index (χ2v) is 6.34. The number of carbonyl (C=O) groups excluding carboxylic acids is 1. The summed E-state index contributed by atoms with van der Waals surface area (Å²) in [6, 6.07) is 11.1. The number of pyridine rings is 1. The van der Waals surface area contributed by atoms with E-state index in [1.54, 1.807) is 19.3 Å². The van der Waals surface area contributed by atoms with Crippen molar-refractivity contribution in [3.8, 4) is 0 Å². The molecule has 2 N–H and O–H groups in total. The van der Waals surface area contributed by atoms with Crippen molar-refractivity contribution in [2.24, 2.45) is 0 Å². The molecule has 7 heteroatoms. The highest BCUT2D eigenvalue weighted by Gasteiger charge is 2.19. The molecule has 0 aliphatic heterocycles. The molecule has 0 fully saturated rings. The first kappa shape index (κ1) is 18.3. The van der Waals surface area contributed by atoms with Gasteiger partial charge in [-0.25, -0.2) is 4.79 Å². The molecule has 0 spiro atoms. The van der Waals surface area contributed by atoms with Crippen LogP contribution in [0.5, 0.6) is 0 Å². The molecule has 0 bridgehead atoms. The van der Waals surface area contributed by atoms with Gasteiger partial charge < -0.3 is 5.32 Å². The van der Waals surface area contributed by atoms with Gasteiger partial charge in [-0.15, -0.1) is 0 Å². The smallest absolute Gasteiger partial charge is 0.328 e. The lowest BCUT2D eigenvalue weighted by Crippen LogP contribution is -2.38. The standard InChI is InChI=1S/C20H20N4O3/c1-13-5-3-4-6-16(13)18(15-7-9-21-10-8-15)22-17(25)12-24-11-14(2)19(26)23-20(24)27/h3-11,18H,12H2,1-2H3,(H,22,25)(H,23,26,27)/t18-/m0/s1. The molecular formula is C20H20N4O3. The predicted octanol–water partition coefficient (Wildman–Crippen LogP) is 1.45. The summed E-state index contributed by atoms with van der Waals surface area (Å²) in [5.74, 6) is -0.339. The van der Waals surface area contributed by atoms with Crippen molar-refractivity contribution >= 4 is 5.91 Å². The van der Waals surface area contributed by atoms with Gasteiger partial charge in [-0.2, -0.15) is 0 Å². The lowest BCUT2D eigenvalue weighted by Gasteiger charge is -2.21. The van der Waals surface area contributed by atoms with E-state index < -0.39 is 11.2 Å². The average Bonchev–Trinajstić information content (AvgIpc) is 2.65. The van der Waals surface area contributed by atoms with E-state index in [1.165, 1.54) is 10.8 Å². The van der Waals surface area contributed by atoms with Crippen molar-refractivity contribution in [3.63, 3.8) is 0 Å². The molecule has 3 aromatic rings. The van der Waals surface area contributed by atoms with Crippen LogP contribution in [0.25, 0.3) is 0 Å². The lowest BCUT2D eigenvalue weighted by molar-refractivity contribution is -0.122. The molecule has 1 amide bonds. The number of aryl methyl sites for hydroxylation is 2. The fraction of sp³-hybridized carbons (Fsp3) is 0.200. The Morgan fingerprint density at radius 1 is 1.11 bits per heavy atom. The van der Waals surface area contributed by atoms with Gasteiger partial charge in [-0.1, -0.05) is 24.3 Å². The number of carbonyl (C=O) groups is 1. The minimum absolute atomic E-state index is 0.191. The molecule has 0 saturated carbocycles. The predicted molar refractivity (Wildman–Crippen MR) is 101 cm³/mol. The molecule has 0 aliphatic carbocycles. The van der Waals surface area contributed by atoms with Gasteiger partial charge in [0.25, 0.3) is 5.56 Å². The molecule has 138 valence electrons.